The first-order chi connectivity index (χ1) is 25.2. The first-order valence-corrected chi connectivity index (χ1v) is 18.9. The van der Waals surface area contributed by atoms with Crippen molar-refractivity contribution in [1.82, 2.24) is 4.98 Å². The second kappa shape index (κ2) is 11.7. The third-order valence-corrected chi connectivity index (χ3v) is 13.2. The van der Waals surface area contributed by atoms with Crippen LogP contribution in [-0.4, -0.2) is 4.98 Å². The number of pyridine rings is 1. The third kappa shape index (κ3) is 4.66. The average molecular weight is 672 g/mol. The molecule has 0 radical (unpaired) electrons. The molecule has 0 atom stereocenters. The number of hydrogen-bond acceptors (Lipinski definition) is 3. The fourth-order valence-electron chi connectivity index (χ4n) is 7.68. The third-order valence-electron chi connectivity index (χ3n) is 10.1. The van der Waals surface area contributed by atoms with Gasteiger partial charge in [0.2, 0.25) is 0 Å². The standard InChI is InChI=1S/C47H30NO2P/c49-51(34-14-3-1-4-15-34,35-16-5-2-6-17-35)36-26-23-31(24-27-36)32-25-28-43-42(29-32)45-40-21-11-12-22-44(40)50-47(45)46(48-43)41-30-33-13-7-8-18-37(33)38-19-9-10-20-39(38)41/h1-30H. The van der Waals surface area contributed by atoms with E-state index in [0.29, 0.717) is 0 Å². The Morgan fingerprint density at radius 3 is 1.75 bits per heavy atom. The van der Waals surface area contributed by atoms with Crippen LogP contribution in [0.3, 0.4) is 0 Å². The van der Waals surface area contributed by atoms with Crippen molar-refractivity contribution in [3.05, 3.63) is 182 Å². The highest BCUT2D eigenvalue weighted by atomic mass is 31.2. The van der Waals surface area contributed by atoms with Crippen molar-refractivity contribution in [1.29, 1.82) is 0 Å². The van der Waals surface area contributed by atoms with Crippen molar-refractivity contribution >= 4 is 77.4 Å². The van der Waals surface area contributed by atoms with Gasteiger partial charge in [-0.15, -0.1) is 0 Å². The molecule has 0 saturated heterocycles. The second-order valence-electron chi connectivity index (χ2n) is 13.0. The minimum atomic E-state index is -3.07. The predicted octanol–water partition coefficient (Wildman–Crippen LogP) is 11.4. The SMILES string of the molecule is O=P(c1ccccc1)(c1ccccc1)c1ccc(-c2ccc3nc(-c4cc5ccccc5c5ccccc45)c4oc5ccccc5c4c3c2)cc1. The highest BCUT2D eigenvalue weighted by Gasteiger charge is 2.29. The van der Waals surface area contributed by atoms with Crippen LogP contribution in [0.25, 0.3) is 76.8 Å². The number of nitrogens with zero attached hydrogens (tertiary/aromatic N) is 1. The Balaban J connectivity index is 1.16. The molecule has 240 valence electrons. The molecule has 10 rings (SSSR count). The van der Waals surface area contributed by atoms with Gasteiger partial charge in [0, 0.05) is 37.6 Å². The van der Waals surface area contributed by atoms with Crippen molar-refractivity contribution in [2.75, 3.05) is 0 Å². The molecule has 2 aromatic heterocycles. The summed E-state index contributed by atoms with van der Waals surface area (Å²) in [6.07, 6.45) is 0. The zero-order valence-electron chi connectivity index (χ0n) is 27.5. The van der Waals surface area contributed by atoms with E-state index in [1.807, 2.05) is 84.9 Å². The van der Waals surface area contributed by atoms with E-state index in [2.05, 4.69) is 97.1 Å². The lowest BCUT2D eigenvalue weighted by Gasteiger charge is -2.20. The van der Waals surface area contributed by atoms with Crippen molar-refractivity contribution in [3.63, 3.8) is 0 Å². The van der Waals surface area contributed by atoms with Crippen LogP contribution in [0.1, 0.15) is 0 Å². The van der Waals surface area contributed by atoms with E-state index in [1.165, 1.54) is 16.2 Å². The van der Waals surface area contributed by atoms with Crippen LogP contribution >= 0.6 is 7.14 Å². The highest BCUT2D eigenvalue weighted by Crippen LogP contribution is 2.45. The number of para-hydroxylation sites is 1. The minimum absolute atomic E-state index is 0.781. The monoisotopic (exact) mass is 671 g/mol. The molecule has 4 heteroatoms. The second-order valence-corrected chi connectivity index (χ2v) is 15.8. The molecule has 10 aromatic rings. The predicted molar refractivity (Wildman–Crippen MR) is 214 cm³/mol. The number of hydrogen-bond donors (Lipinski definition) is 0. The maximum atomic E-state index is 15.0. The van der Waals surface area contributed by atoms with Crippen molar-refractivity contribution in [2.45, 2.75) is 0 Å². The first-order valence-electron chi connectivity index (χ1n) is 17.1. The summed E-state index contributed by atoms with van der Waals surface area (Å²) >= 11 is 0. The van der Waals surface area contributed by atoms with Crippen molar-refractivity contribution in [3.8, 4) is 22.4 Å². The average Bonchev–Trinajstić information content (AvgIpc) is 3.61. The molecule has 3 nitrogen and oxygen atoms in total. The van der Waals surface area contributed by atoms with Gasteiger partial charge < -0.3 is 8.98 Å². The largest absolute Gasteiger partial charge is 0.454 e. The fraction of sp³-hybridized carbons (Fsp3) is 0. The molecule has 0 saturated carbocycles. The lowest BCUT2D eigenvalue weighted by Crippen LogP contribution is -2.24. The van der Waals surface area contributed by atoms with Crippen LogP contribution in [0.2, 0.25) is 0 Å². The molecule has 0 spiro atoms. The summed E-state index contributed by atoms with van der Waals surface area (Å²) in [6.45, 7) is 0. The van der Waals surface area contributed by atoms with Crippen LogP contribution in [0.5, 0.6) is 0 Å². The number of furan rings is 1. The van der Waals surface area contributed by atoms with Gasteiger partial charge in [-0.25, -0.2) is 4.98 Å². The Labute approximate surface area is 294 Å². The summed E-state index contributed by atoms with van der Waals surface area (Å²) in [6, 6.07) is 61.9. The first kappa shape index (κ1) is 29.6. The number of fused-ring (bicyclic) bond motifs is 8. The Morgan fingerprint density at radius 1 is 0.451 bits per heavy atom. The molecule has 0 amide bonds. The molecule has 0 aliphatic carbocycles. The molecule has 0 aliphatic rings. The summed E-state index contributed by atoms with van der Waals surface area (Å²) < 4.78 is 21.7. The normalized spacial score (nSPS) is 12.0. The van der Waals surface area contributed by atoms with E-state index in [-0.39, 0.29) is 0 Å². The van der Waals surface area contributed by atoms with Gasteiger partial charge in [0.25, 0.3) is 0 Å². The number of rotatable bonds is 5. The van der Waals surface area contributed by atoms with Gasteiger partial charge in [-0.3, -0.25) is 0 Å². The zero-order chi connectivity index (χ0) is 33.9. The van der Waals surface area contributed by atoms with E-state index in [9.17, 15) is 4.57 Å². The summed E-state index contributed by atoms with van der Waals surface area (Å²) in [7, 11) is -3.07. The molecule has 0 N–H and O–H groups in total. The van der Waals surface area contributed by atoms with Crippen molar-refractivity contribution < 1.29 is 8.98 Å². The smallest absolute Gasteiger partial charge is 0.171 e. The van der Waals surface area contributed by atoms with E-state index < -0.39 is 7.14 Å². The summed E-state index contributed by atoms with van der Waals surface area (Å²) in [4.78, 5) is 5.34. The lowest BCUT2D eigenvalue weighted by molar-refractivity contribution is 0.592. The summed E-state index contributed by atoms with van der Waals surface area (Å²) in [5, 5.41) is 10.3. The van der Waals surface area contributed by atoms with Gasteiger partial charge in [0.15, 0.2) is 12.7 Å². The van der Waals surface area contributed by atoms with E-state index in [1.54, 1.807) is 0 Å². The Morgan fingerprint density at radius 2 is 1.02 bits per heavy atom. The molecule has 0 bridgehead atoms. The van der Waals surface area contributed by atoms with Gasteiger partial charge in [0.1, 0.15) is 11.3 Å². The maximum Gasteiger partial charge on any atom is 0.171 e. The quantitative estimate of drug-likeness (QED) is 0.135. The van der Waals surface area contributed by atoms with Crippen LogP contribution < -0.4 is 15.9 Å². The van der Waals surface area contributed by atoms with Gasteiger partial charge in [-0.05, 0) is 56.9 Å². The molecule has 51 heavy (non-hydrogen) atoms. The minimum Gasteiger partial charge on any atom is -0.454 e. The van der Waals surface area contributed by atoms with Crippen molar-refractivity contribution in [2.24, 2.45) is 0 Å². The van der Waals surface area contributed by atoms with Gasteiger partial charge in [0.05, 0.1) is 5.52 Å². The Hall–Kier alpha value is -6.28. The summed E-state index contributed by atoms with van der Waals surface area (Å²) in [5.41, 5.74) is 6.50. The van der Waals surface area contributed by atoms with E-state index in [0.717, 1.165) is 76.5 Å². The fourth-order valence-corrected chi connectivity index (χ4v) is 10.3. The molecule has 0 aliphatic heterocycles. The molecule has 2 heterocycles. The highest BCUT2D eigenvalue weighted by molar-refractivity contribution is 7.85. The Bertz CT molecular complexity index is 2940. The molecule has 0 unspecified atom stereocenters. The van der Waals surface area contributed by atoms with Crippen LogP contribution in [-0.2, 0) is 4.57 Å². The van der Waals surface area contributed by atoms with Gasteiger partial charge >= 0.3 is 0 Å². The maximum absolute atomic E-state index is 15.0. The number of benzene rings is 8. The molecule has 0 fully saturated rings. The van der Waals surface area contributed by atoms with Crippen LogP contribution in [0.15, 0.2) is 186 Å². The summed E-state index contributed by atoms with van der Waals surface area (Å²) in [5.74, 6) is 0. The molecular weight excluding hydrogens is 641 g/mol. The molecule has 8 aromatic carbocycles. The van der Waals surface area contributed by atoms with E-state index in [4.69, 9.17) is 9.40 Å². The lowest BCUT2D eigenvalue weighted by atomic mass is 9.94. The van der Waals surface area contributed by atoms with Gasteiger partial charge in [-0.1, -0.05) is 158 Å². The van der Waals surface area contributed by atoms with Crippen LogP contribution in [0, 0.1) is 0 Å². The van der Waals surface area contributed by atoms with Crippen LogP contribution in [0.4, 0.5) is 0 Å². The van der Waals surface area contributed by atoms with E-state index >= 15 is 0 Å². The Kier molecular flexibility index (Phi) is 6.77. The topological polar surface area (TPSA) is 43.1 Å². The number of aromatic nitrogens is 1. The zero-order valence-corrected chi connectivity index (χ0v) is 28.4. The van der Waals surface area contributed by atoms with Gasteiger partial charge in [-0.2, -0.15) is 0 Å². The molecular formula is C47H30NO2P.